The third-order valence-corrected chi connectivity index (χ3v) is 5.15. The molecule has 1 fully saturated rings. The predicted molar refractivity (Wildman–Crippen MR) is 95.8 cm³/mol. The molecule has 3 heteroatoms. The molecule has 118 valence electrons. The molecule has 0 radical (unpaired) electrons. The second-order valence-electron chi connectivity index (χ2n) is 6.81. The van der Waals surface area contributed by atoms with Crippen LogP contribution in [0.5, 0.6) is 0 Å². The van der Waals surface area contributed by atoms with Crippen LogP contribution in [0.25, 0.3) is 0 Å². The van der Waals surface area contributed by atoms with Gasteiger partial charge < -0.3 is 10.6 Å². The summed E-state index contributed by atoms with van der Waals surface area (Å²) in [4.78, 5) is 2.63. The van der Waals surface area contributed by atoms with E-state index >= 15 is 0 Å². The minimum absolute atomic E-state index is 0.0888. The van der Waals surface area contributed by atoms with Gasteiger partial charge in [0.05, 0.1) is 5.69 Å². The Morgan fingerprint density at radius 1 is 1.24 bits per heavy atom. The van der Waals surface area contributed by atoms with Crippen LogP contribution in [0.15, 0.2) is 22.7 Å². The minimum Gasteiger partial charge on any atom is -0.368 e. The van der Waals surface area contributed by atoms with Gasteiger partial charge in [-0.25, -0.2) is 0 Å². The summed E-state index contributed by atoms with van der Waals surface area (Å²) in [5, 5.41) is 0. The van der Waals surface area contributed by atoms with Crippen molar-refractivity contribution in [1.82, 2.24) is 0 Å². The van der Waals surface area contributed by atoms with Gasteiger partial charge in [-0.3, -0.25) is 0 Å². The summed E-state index contributed by atoms with van der Waals surface area (Å²) < 4.78 is 1.19. The predicted octanol–water partition coefficient (Wildman–Crippen LogP) is 5.26. The van der Waals surface area contributed by atoms with Gasteiger partial charge >= 0.3 is 0 Å². The van der Waals surface area contributed by atoms with Gasteiger partial charge in [-0.15, -0.1) is 0 Å². The van der Waals surface area contributed by atoms with Crippen molar-refractivity contribution in [2.75, 3.05) is 11.4 Å². The van der Waals surface area contributed by atoms with Gasteiger partial charge in [0.25, 0.3) is 0 Å². The second kappa shape index (κ2) is 7.64. The SMILES string of the molecule is CC(C)CCN(c1ccc([C@@H](C)N)cc1Br)C1CCCC1. The van der Waals surface area contributed by atoms with Crippen LogP contribution in [-0.2, 0) is 0 Å². The Morgan fingerprint density at radius 3 is 2.43 bits per heavy atom. The van der Waals surface area contributed by atoms with Gasteiger partial charge in [0.2, 0.25) is 0 Å². The Balaban J connectivity index is 2.22. The van der Waals surface area contributed by atoms with Gasteiger partial charge in [-0.1, -0.05) is 32.8 Å². The molecule has 1 atom stereocenters. The van der Waals surface area contributed by atoms with Crippen molar-refractivity contribution in [3.8, 4) is 0 Å². The zero-order valence-electron chi connectivity index (χ0n) is 13.6. The van der Waals surface area contributed by atoms with E-state index in [0.717, 1.165) is 12.5 Å². The second-order valence-corrected chi connectivity index (χ2v) is 7.67. The van der Waals surface area contributed by atoms with Crippen molar-refractivity contribution < 1.29 is 0 Å². The first-order chi connectivity index (χ1) is 9.99. The maximum absolute atomic E-state index is 5.99. The molecule has 21 heavy (non-hydrogen) atoms. The molecule has 0 aromatic heterocycles. The standard InChI is InChI=1S/C18H29BrN2/c1-13(2)10-11-21(16-6-4-5-7-16)18-9-8-15(14(3)20)12-17(18)19/h8-9,12-14,16H,4-7,10-11,20H2,1-3H3/t14-/m1/s1. The number of nitrogens with zero attached hydrogens (tertiary/aromatic N) is 1. The van der Waals surface area contributed by atoms with E-state index in [-0.39, 0.29) is 6.04 Å². The number of hydrogen-bond donors (Lipinski definition) is 1. The molecule has 0 heterocycles. The molecular formula is C18H29BrN2. The summed E-state index contributed by atoms with van der Waals surface area (Å²) >= 11 is 3.77. The molecule has 1 aliphatic rings. The first-order valence-corrected chi connectivity index (χ1v) is 9.10. The lowest BCUT2D eigenvalue weighted by atomic mass is 10.1. The molecule has 2 rings (SSSR count). The van der Waals surface area contributed by atoms with Crippen LogP contribution >= 0.6 is 15.9 Å². The Kier molecular flexibility index (Phi) is 6.12. The molecule has 0 amide bonds. The highest BCUT2D eigenvalue weighted by atomic mass is 79.9. The summed E-state index contributed by atoms with van der Waals surface area (Å²) in [6.07, 6.45) is 6.66. The lowest BCUT2D eigenvalue weighted by molar-refractivity contribution is 0.528. The van der Waals surface area contributed by atoms with Crippen LogP contribution < -0.4 is 10.6 Å². The lowest BCUT2D eigenvalue weighted by Gasteiger charge is -2.33. The largest absolute Gasteiger partial charge is 0.368 e. The van der Waals surface area contributed by atoms with E-state index in [9.17, 15) is 0 Å². The lowest BCUT2D eigenvalue weighted by Crippen LogP contribution is -2.35. The number of hydrogen-bond acceptors (Lipinski definition) is 2. The summed E-state index contributed by atoms with van der Waals surface area (Å²) in [5.41, 5.74) is 8.53. The maximum Gasteiger partial charge on any atom is 0.0513 e. The molecule has 0 aliphatic heterocycles. The summed E-state index contributed by atoms with van der Waals surface area (Å²) in [6, 6.07) is 7.42. The van der Waals surface area contributed by atoms with Crippen LogP contribution in [0.2, 0.25) is 0 Å². The third-order valence-electron chi connectivity index (χ3n) is 4.52. The summed E-state index contributed by atoms with van der Waals surface area (Å²) in [6.45, 7) is 7.80. The summed E-state index contributed by atoms with van der Waals surface area (Å²) in [7, 11) is 0. The number of rotatable bonds is 6. The molecule has 2 N–H and O–H groups in total. The molecule has 0 unspecified atom stereocenters. The Bertz CT molecular complexity index is 451. The average Bonchev–Trinajstić information content (AvgIpc) is 2.94. The van der Waals surface area contributed by atoms with Crippen LogP contribution in [-0.4, -0.2) is 12.6 Å². The van der Waals surface area contributed by atoms with Gasteiger partial charge in [0.15, 0.2) is 0 Å². The first kappa shape index (κ1) is 16.8. The Labute approximate surface area is 138 Å². The molecule has 1 aromatic carbocycles. The van der Waals surface area contributed by atoms with Gasteiger partial charge in [0, 0.05) is 23.1 Å². The topological polar surface area (TPSA) is 29.3 Å². The van der Waals surface area contributed by atoms with Crippen molar-refractivity contribution >= 4 is 21.6 Å². The quantitative estimate of drug-likeness (QED) is 0.755. The van der Waals surface area contributed by atoms with E-state index in [4.69, 9.17) is 5.73 Å². The number of benzene rings is 1. The van der Waals surface area contributed by atoms with E-state index in [1.54, 1.807) is 0 Å². The zero-order chi connectivity index (χ0) is 15.4. The van der Waals surface area contributed by atoms with Crippen LogP contribution in [0, 0.1) is 5.92 Å². The van der Waals surface area contributed by atoms with E-state index < -0.39 is 0 Å². The monoisotopic (exact) mass is 352 g/mol. The third kappa shape index (κ3) is 4.46. The first-order valence-electron chi connectivity index (χ1n) is 8.30. The van der Waals surface area contributed by atoms with Crippen molar-refractivity contribution in [2.24, 2.45) is 11.7 Å². The number of anilines is 1. The average molecular weight is 353 g/mol. The molecule has 0 saturated heterocycles. The Morgan fingerprint density at radius 2 is 1.90 bits per heavy atom. The molecule has 1 aliphatic carbocycles. The molecule has 0 bridgehead atoms. The highest BCUT2D eigenvalue weighted by molar-refractivity contribution is 9.10. The molecule has 2 nitrogen and oxygen atoms in total. The van der Waals surface area contributed by atoms with E-state index in [1.165, 1.54) is 47.8 Å². The Hall–Kier alpha value is -0.540. The minimum atomic E-state index is 0.0888. The number of nitrogens with two attached hydrogens (primary N) is 1. The van der Waals surface area contributed by atoms with Gasteiger partial charge in [-0.2, -0.15) is 0 Å². The molecule has 0 spiro atoms. The fourth-order valence-corrected chi connectivity index (χ4v) is 3.78. The highest BCUT2D eigenvalue weighted by Crippen LogP contribution is 2.35. The van der Waals surface area contributed by atoms with Crippen molar-refractivity contribution in [1.29, 1.82) is 0 Å². The van der Waals surface area contributed by atoms with Gasteiger partial charge in [-0.05, 0) is 65.7 Å². The van der Waals surface area contributed by atoms with E-state index in [1.807, 2.05) is 6.92 Å². The zero-order valence-corrected chi connectivity index (χ0v) is 15.2. The normalized spacial score (nSPS) is 17.4. The highest BCUT2D eigenvalue weighted by Gasteiger charge is 2.24. The van der Waals surface area contributed by atoms with Crippen LogP contribution in [0.4, 0.5) is 5.69 Å². The van der Waals surface area contributed by atoms with Crippen molar-refractivity contribution in [3.63, 3.8) is 0 Å². The van der Waals surface area contributed by atoms with Crippen molar-refractivity contribution in [3.05, 3.63) is 28.2 Å². The fourth-order valence-electron chi connectivity index (χ4n) is 3.15. The van der Waals surface area contributed by atoms with Crippen LogP contribution in [0.3, 0.4) is 0 Å². The van der Waals surface area contributed by atoms with Crippen molar-refractivity contribution in [2.45, 2.75) is 65.0 Å². The smallest absolute Gasteiger partial charge is 0.0513 e. The van der Waals surface area contributed by atoms with Gasteiger partial charge in [0.1, 0.15) is 0 Å². The number of halogens is 1. The molecular weight excluding hydrogens is 324 g/mol. The van der Waals surface area contributed by atoms with Crippen LogP contribution in [0.1, 0.15) is 64.5 Å². The summed E-state index contributed by atoms with van der Waals surface area (Å²) in [5.74, 6) is 0.746. The molecule has 1 aromatic rings. The van der Waals surface area contributed by atoms with E-state index in [0.29, 0.717) is 6.04 Å². The molecule has 1 saturated carbocycles. The maximum atomic E-state index is 5.99. The fraction of sp³-hybridized carbons (Fsp3) is 0.667. The van der Waals surface area contributed by atoms with E-state index in [2.05, 4.69) is 52.9 Å².